The zero-order chi connectivity index (χ0) is 25.8. The predicted molar refractivity (Wildman–Crippen MR) is 130 cm³/mol. The highest BCUT2D eigenvalue weighted by Crippen LogP contribution is 2.25. The topological polar surface area (TPSA) is 108 Å². The number of ether oxygens (including phenoxy) is 3. The molecule has 0 unspecified atom stereocenters. The van der Waals surface area contributed by atoms with Crippen LogP contribution < -0.4 is 10.1 Å². The fraction of sp³-hybridized carbons (Fsp3) is 0.407. The first-order chi connectivity index (χ1) is 16.7. The van der Waals surface area contributed by atoms with Gasteiger partial charge in [-0.15, -0.1) is 0 Å². The van der Waals surface area contributed by atoms with E-state index >= 15 is 0 Å². The van der Waals surface area contributed by atoms with Crippen LogP contribution in [0.4, 0.5) is 0 Å². The van der Waals surface area contributed by atoms with Gasteiger partial charge in [0.1, 0.15) is 11.5 Å². The molecule has 0 aliphatic heterocycles. The fourth-order valence-electron chi connectivity index (χ4n) is 3.48. The molecule has 1 amide bonds. The number of unbranched alkanes of at least 4 members (excludes halogenated alkanes) is 1. The van der Waals surface area contributed by atoms with Crippen molar-refractivity contribution in [2.75, 3.05) is 13.2 Å². The van der Waals surface area contributed by atoms with Crippen LogP contribution in [0, 0.1) is 0 Å². The van der Waals surface area contributed by atoms with Crippen molar-refractivity contribution < 1.29 is 33.4 Å². The molecule has 2 aromatic carbocycles. The van der Waals surface area contributed by atoms with E-state index in [9.17, 15) is 19.2 Å². The van der Waals surface area contributed by atoms with Crippen molar-refractivity contribution in [3.63, 3.8) is 0 Å². The fourth-order valence-corrected chi connectivity index (χ4v) is 3.48. The van der Waals surface area contributed by atoms with E-state index in [0.717, 1.165) is 26.2 Å². The maximum absolute atomic E-state index is 13.0. The standard InChI is InChI=1S/C27H33NO7/c1-5-8-9-20-10-14-22(15-11-20)35-23-16-12-21(13-17-23)24(30)18-27(28-19(4)29,25(31)33-6-2)26(32)34-7-3/h10-17H,5-9,18H2,1-4H3,(H,28,29). The summed E-state index contributed by atoms with van der Waals surface area (Å²) in [6.07, 6.45) is 2.63. The highest BCUT2D eigenvalue weighted by atomic mass is 16.6. The van der Waals surface area contributed by atoms with Crippen molar-refractivity contribution >= 4 is 23.6 Å². The molecule has 0 bridgehead atoms. The molecular formula is C27H33NO7. The molecule has 2 rings (SSSR count). The molecule has 0 saturated carbocycles. The van der Waals surface area contributed by atoms with Crippen LogP contribution >= 0.6 is 0 Å². The molecule has 0 heterocycles. The third-order valence-electron chi connectivity index (χ3n) is 5.22. The predicted octanol–water partition coefficient (Wildman–Crippen LogP) is 4.40. The lowest BCUT2D eigenvalue weighted by Crippen LogP contribution is -2.62. The molecule has 0 atom stereocenters. The number of aryl methyl sites for hydroxylation is 1. The van der Waals surface area contributed by atoms with E-state index in [-0.39, 0.29) is 18.8 Å². The molecule has 8 heteroatoms. The van der Waals surface area contributed by atoms with E-state index in [2.05, 4.69) is 12.2 Å². The number of ketones is 1. The third-order valence-corrected chi connectivity index (χ3v) is 5.22. The Hall–Kier alpha value is -3.68. The minimum Gasteiger partial charge on any atom is -0.464 e. The number of hydrogen-bond acceptors (Lipinski definition) is 7. The van der Waals surface area contributed by atoms with Crippen molar-refractivity contribution in [3.8, 4) is 11.5 Å². The number of hydrogen-bond donors (Lipinski definition) is 1. The lowest BCUT2D eigenvalue weighted by molar-refractivity contribution is -0.167. The summed E-state index contributed by atoms with van der Waals surface area (Å²) >= 11 is 0. The smallest absolute Gasteiger partial charge is 0.344 e. The van der Waals surface area contributed by atoms with Gasteiger partial charge in [-0.25, -0.2) is 9.59 Å². The van der Waals surface area contributed by atoms with E-state index in [1.54, 1.807) is 26.0 Å². The average Bonchev–Trinajstić information content (AvgIpc) is 2.83. The number of carbonyl (C=O) groups excluding carboxylic acids is 4. The molecule has 0 saturated heterocycles. The Morgan fingerprint density at radius 2 is 1.31 bits per heavy atom. The number of rotatable bonds is 13. The first kappa shape index (κ1) is 27.6. The summed E-state index contributed by atoms with van der Waals surface area (Å²) < 4.78 is 15.9. The minimum absolute atomic E-state index is 0.0423. The minimum atomic E-state index is -2.27. The second-order valence-electron chi connectivity index (χ2n) is 8.00. The van der Waals surface area contributed by atoms with Gasteiger partial charge in [0.25, 0.3) is 0 Å². The van der Waals surface area contributed by atoms with Crippen LogP contribution in [-0.4, -0.2) is 42.4 Å². The highest BCUT2D eigenvalue weighted by Gasteiger charge is 2.51. The molecular weight excluding hydrogens is 450 g/mol. The summed E-state index contributed by atoms with van der Waals surface area (Å²) in [5.74, 6) is -2.14. The van der Waals surface area contributed by atoms with Crippen molar-refractivity contribution in [1.82, 2.24) is 5.32 Å². The van der Waals surface area contributed by atoms with Crippen LogP contribution in [0.1, 0.15) is 62.9 Å². The second-order valence-corrected chi connectivity index (χ2v) is 8.00. The second kappa shape index (κ2) is 13.3. The lowest BCUT2D eigenvalue weighted by atomic mass is 9.89. The number of benzene rings is 2. The van der Waals surface area contributed by atoms with Gasteiger partial charge in [0.05, 0.1) is 19.6 Å². The molecule has 1 N–H and O–H groups in total. The van der Waals surface area contributed by atoms with Gasteiger partial charge < -0.3 is 19.5 Å². The number of Topliss-reactive ketones (excluding diaryl/α,β-unsaturated/α-hetero) is 1. The highest BCUT2D eigenvalue weighted by molar-refractivity contribution is 6.13. The van der Waals surface area contributed by atoms with E-state index < -0.39 is 35.6 Å². The third kappa shape index (κ3) is 7.67. The summed E-state index contributed by atoms with van der Waals surface area (Å²) in [6.45, 7) is 6.32. The normalized spacial score (nSPS) is 10.9. The zero-order valence-corrected chi connectivity index (χ0v) is 20.7. The Balaban J connectivity index is 2.20. The Labute approximate surface area is 205 Å². The molecule has 0 aromatic heterocycles. The van der Waals surface area contributed by atoms with E-state index in [4.69, 9.17) is 14.2 Å². The van der Waals surface area contributed by atoms with Crippen LogP contribution in [0.2, 0.25) is 0 Å². The molecule has 0 aliphatic rings. The van der Waals surface area contributed by atoms with Crippen molar-refractivity contribution in [3.05, 3.63) is 59.7 Å². The van der Waals surface area contributed by atoms with Gasteiger partial charge in [-0.1, -0.05) is 25.5 Å². The van der Waals surface area contributed by atoms with Gasteiger partial charge in [0, 0.05) is 12.5 Å². The molecule has 35 heavy (non-hydrogen) atoms. The Kier molecular flexibility index (Phi) is 10.5. The maximum Gasteiger partial charge on any atom is 0.344 e. The van der Waals surface area contributed by atoms with Crippen LogP contribution in [0.15, 0.2) is 48.5 Å². The Morgan fingerprint density at radius 1 is 0.800 bits per heavy atom. The molecule has 0 aliphatic carbocycles. The van der Waals surface area contributed by atoms with Crippen molar-refractivity contribution in [2.45, 2.75) is 58.9 Å². The van der Waals surface area contributed by atoms with Crippen LogP contribution in [0.3, 0.4) is 0 Å². The summed E-state index contributed by atoms with van der Waals surface area (Å²) in [6, 6.07) is 14.1. The van der Waals surface area contributed by atoms with Crippen molar-refractivity contribution in [2.24, 2.45) is 0 Å². The summed E-state index contributed by atoms with van der Waals surface area (Å²) in [5.41, 5.74) is -0.800. The van der Waals surface area contributed by atoms with E-state index in [1.807, 2.05) is 24.3 Å². The monoisotopic (exact) mass is 483 g/mol. The number of amides is 1. The first-order valence-corrected chi connectivity index (χ1v) is 11.8. The quantitative estimate of drug-likeness (QED) is 0.256. The van der Waals surface area contributed by atoms with Gasteiger partial charge in [-0.05, 0) is 68.7 Å². The number of esters is 2. The van der Waals surface area contributed by atoms with Gasteiger partial charge in [-0.2, -0.15) is 0 Å². The first-order valence-electron chi connectivity index (χ1n) is 11.8. The van der Waals surface area contributed by atoms with Crippen LogP contribution in [0.5, 0.6) is 11.5 Å². The summed E-state index contributed by atoms with van der Waals surface area (Å²) in [4.78, 5) is 50.3. The van der Waals surface area contributed by atoms with Crippen molar-refractivity contribution in [1.29, 1.82) is 0 Å². The lowest BCUT2D eigenvalue weighted by Gasteiger charge is -2.29. The SMILES string of the molecule is CCCCc1ccc(Oc2ccc(C(=O)CC(NC(C)=O)(C(=O)OCC)C(=O)OCC)cc2)cc1. The maximum atomic E-state index is 13.0. The molecule has 8 nitrogen and oxygen atoms in total. The largest absolute Gasteiger partial charge is 0.464 e. The van der Waals surface area contributed by atoms with Gasteiger partial charge in [-0.3, -0.25) is 9.59 Å². The molecule has 0 radical (unpaired) electrons. The number of carbonyl (C=O) groups is 4. The Morgan fingerprint density at radius 3 is 1.77 bits per heavy atom. The van der Waals surface area contributed by atoms with Gasteiger partial charge in [0.15, 0.2) is 5.78 Å². The van der Waals surface area contributed by atoms with Gasteiger partial charge >= 0.3 is 11.9 Å². The van der Waals surface area contributed by atoms with E-state index in [1.165, 1.54) is 17.7 Å². The van der Waals surface area contributed by atoms with Crippen LogP contribution in [0.25, 0.3) is 0 Å². The zero-order valence-electron chi connectivity index (χ0n) is 20.7. The van der Waals surface area contributed by atoms with E-state index in [0.29, 0.717) is 11.5 Å². The Bertz CT molecular complexity index is 995. The summed E-state index contributed by atoms with van der Waals surface area (Å²) in [7, 11) is 0. The van der Waals surface area contributed by atoms with Gasteiger partial charge in [0.2, 0.25) is 11.4 Å². The average molecular weight is 484 g/mol. The molecule has 0 spiro atoms. The molecule has 0 fully saturated rings. The number of nitrogens with one attached hydrogen (secondary N) is 1. The summed E-state index contributed by atoms with van der Waals surface area (Å²) in [5, 5.41) is 2.29. The van der Waals surface area contributed by atoms with Crippen LogP contribution in [-0.2, 0) is 30.3 Å². The molecule has 188 valence electrons. The molecule has 2 aromatic rings.